The molecule has 4 aromatic carbocycles. The van der Waals surface area contributed by atoms with Gasteiger partial charge in [-0.05, 0) is 56.8 Å². The zero-order valence-corrected chi connectivity index (χ0v) is 18.8. The molecule has 2 heteroatoms. The van der Waals surface area contributed by atoms with Crippen molar-refractivity contribution in [2.75, 3.05) is 0 Å². The molecule has 5 rings (SSSR count). The molecule has 0 fully saturated rings. The molecule has 0 bridgehead atoms. The van der Waals surface area contributed by atoms with Crippen LogP contribution in [0, 0.1) is 0 Å². The third-order valence-electron chi connectivity index (χ3n) is 5.64. The molecule has 0 radical (unpaired) electrons. The molecule has 0 amide bonds. The summed E-state index contributed by atoms with van der Waals surface area (Å²) in [7, 11) is 0. The van der Waals surface area contributed by atoms with Crippen molar-refractivity contribution in [1.29, 1.82) is 0 Å². The summed E-state index contributed by atoms with van der Waals surface area (Å²) in [6.07, 6.45) is 5.90. The van der Waals surface area contributed by atoms with Gasteiger partial charge in [-0.25, -0.2) is 0 Å². The molecule has 1 aromatic heterocycles. The Kier molecular flexibility index (Phi) is 6.50. The Morgan fingerprint density at radius 1 is 0.471 bits per heavy atom. The van der Waals surface area contributed by atoms with Gasteiger partial charge >= 0.3 is 0 Å². The van der Waals surface area contributed by atoms with Crippen molar-refractivity contribution in [2.24, 2.45) is 5.10 Å². The standard InChI is InChI=1S/C32H25N2/c1-5-14-26(15-6-1)16-13-23-33-34-31(28-19-9-3-10-20-28)24-30(27-17-7-2-8-18-27)25-32(34)29-21-11-4-12-22-29/h1-25H/q+1/b16-13+,33-23-. The van der Waals surface area contributed by atoms with Crippen molar-refractivity contribution >= 4 is 12.3 Å². The lowest BCUT2D eigenvalue weighted by Gasteiger charge is -2.08. The minimum Gasteiger partial charge on any atom is -0.0622 e. The van der Waals surface area contributed by atoms with Gasteiger partial charge in [0.05, 0.1) is 6.21 Å². The Morgan fingerprint density at radius 3 is 1.41 bits per heavy atom. The number of aromatic nitrogens is 1. The number of allylic oxidation sites excluding steroid dienone is 1. The summed E-state index contributed by atoms with van der Waals surface area (Å²) in [4.78, 5) is 0. The molecule has 162 valence electrons. The number of rotatable bonds is 6. The molecule has 0 aliphatic rings. The quantitative estimate of drug-likeness (QED) is 0.193. The summed E-state index contributed by atoms with van der Waals surface area (Å²) in [5, 5.41) is 4.91. The van der Waals surface area contributed by atoms with Crippen LogP contribution in [0.25, 0.3) is 39.7 Å². The summed E-state index contributed by atoms with van der Waals surface area (Å²) in [6, 6.07) is 46.0. The minimum absolute atomic E-state index is 1.03. The van der Waals surface area contributed by atoms with Crippen LogP contribution in [-0.4, -0.2) is 6.21 Å². The number of pyridine rings is 1. The van der Waals surface area contributed by atoms with E-state index >= 15 is 0 Å². The Bertz CT molecular complexity index is 1350. The van der Waals surface area contributed by atoms with Gasteiger partial charge in [0.2, 0.25) is 11.4 Å². The van der Waals surface area contributed by atoms with E-state index in [1.807, 2.05) is 53.4 Å². The van der Waals surface area contributed by atoms with Crippen LogP contribution in [0.4, 0.5) is 0 Å². The van der Waals surface area contributed by atoms with E-state index in [2.05, 4.69) is 103 Å². The van der Waals surface area contributed by atoms with E-state index in [1.165, 1.54) is 5.56 Å². The first-order valence-corrected chi connectivity index (χ1v) is 11.4. The fraction of sp³-hybridized carbons (Fsp3) is 0. The molecule has 5 aromatic rings. The van der Waals surface area contributed by atoms with E-state index < -0.39 is 0 Å². The third-order valence-corrected chi connectivity index (χ3v) is 5.64. The van der Waals surface area contributed by atoms with Gasteiger partial charge in [0.15, 0.2) is 0 Å². The van der Waals surface area contributed by atoms with E-state index in [-0.39, 0.29) is 0 Å². The lowest BCUT2D eigenvalue weighted by Crippen LogP contribution is -2.33. The Balaban J connectivity index is 1.69. The second kappa shape index (κ2) is 10.4. The van der Waals surface area contributed by atoms with Gasteiger partial charge in [-0.15, -0.1) is 0 Å². The Hall–Kier alpha value is -4.56. The van der Waals surface area contributed by atoms with Gasteiger partial charge in [-0.2, -0.15) is 0 Å². The topological polar surface area (TPSA) is 16.2 Å². The highest BCUT2D eigenvalue weighted by Gasteiger charge is 2.22. The van der Waals surface area contributed by atoms with Crippen LogP contribution >= 0.6 is 0 Å². The summed E-state index contributed by atoms with van der Waals surface area (Å²) in [5.41, 5.74) is 7.77. The first kappa shape index (κ1) is 21.3. The number of hydrogen-bond donors (Lipinski definition) is 0. The van der Waals surface area contributed by atoms with Gasteiger partial charge < -0.3 is 0 Å². The molecule has 0 atom stereocenters. The summed E-state index contributed by atoms with van der Waals surface area (Å²) in [5.74, 6) is 0. The van der Waals surface area contributed by atoms with Crippen molar-refractivity contribution in [2.45, 2.75) is 0 Å². The van der Waals surface area contributed by atoms with Gasteiger partial charge in [-0.1, -0.05) is 103 Å². The molecule has 34 heavy (non-hydrogen) atoms. The molecule has 0 saturated heterocycles. The summed E-state index contributed by atoms with van der Waals surface area (Å²) in [6.45, 7) is 0. The van der Waals surface area contributed by atoms with Crippen LogP contribution in [0.3, 0.4) is 0 Å². The molecule has 0 aliphatic carbocycles. The zero-order chi connectivity index (χ0) is 23.0. The molecular formula is C32H25N2+. The molecule has 0 aliphatic heterocycles. The van der Waals surface area contributed by atoms with E-state index in [4.69, 9.17) is 5.10 Å². The van der Waals surface area contributed by atoms with Crippen LogP contribution in [-0.2, 0) is 0 Å². The number of hydrogen-bond acceptors (Lipinski definition) is 1. The second-order valence-electron chi connectivity index (χ2n) is 7.96. The molecular weight excluding hydrogens is 412 g/mol. The monoisotopic (exact) mass is 437 g/mol. The smallest absolute Gasteiger partial charge is 0.0622 e. The van der Waals surface area contributed by atoms with Crippen LogP contribution in [0.5, 0.6) is 0 Å². The van der Waals surface area contributed by atoms with Crippen molar-refractivity contribution < 1.29 is 4.68 Å². The van der Waals surface area contributed by atoms with E-state index in [9.17, 15) is 0 Å². The zero-order valence-electron chi connectivity index (χ0n) is 18.8. The number of benzene rings is 4. The maximum absolute atomic E-state index is 4.91. The highest BCUT2D eigenvalue weighted by Crippen LogP contribution is 2.29. The van der Waals surface area contributed by atoms with Crippen LogP contribution in [0.15, 0.2) is 145 Å². The van der Waals surface area contributed by atoms with E-state index in [0.29, 0.717) is 0 Å². The molecule has 0 N–H and O–H groups in total. The minimum atomic E-state index is 1.03. The Morgan fingerprint density at radius 2 is 0.912 bits per heavy atom. The predicted octanol–water partition coefficient (Wildman–Crippen LogP) is 7.52. The van der Waals surface area contributed by atoms with Gasteiger partial charge in [0.25, 0.3) is 0 Å². The SMILES string of the molecule is C(/C=C/c1ccccc1)=N/[n+]1c(-c2ccccc2)cc(-c2ccccc2)cc1-c1ccccc1. The van der Waals surface area contributed by atoms with Crippen LogP contribution < -0.4 is 4.68 Å². The highest BCUT2D eigenvalue weighted by atomic mass is 15.3. The Labute approximate surface area is 200 Å². The van der Waals surface area contributed by atoms with Crippen molar-refractivity contribution in [3.8, 4) is 33.6 Å². The normalized spacial score (nSPS) is 11.3. The summed E-state index contributed by atoms with van der Waals surface area (Å²) < 4.78 is 2.03. The van der Waals surface area contributed by atoms with Crippen molar-refractivity contribution in [3.63, 3.8) is 0 Å². The maximum atomic E-state index is 4.91. The highest BCUT2D eigenvalue weighted by molar-refractivity contribution is 5.78. The van der Waals surface area contributed by atoms with Crippen LogP contribution in [0.2, 0.25) is 0 Å². The average Bonchev–Trinajstić information content (AvgIpc) is 2.93. The molecule has 1 heterocycles. The fourth-order valence-corrected chi connectivity index (χ4v) is 3.96. The molecule has 0 spiro atoms. The predicted molar refractivity (Wildman–Crippen MR) is 142 cm³/mol. The maximum Gasteiger partial charge on any atom is 0.246 e. The number of nitrogens with zero attached hydrogens (tertiary/aromatic N) is 2. The third kappa shape index (κ3) is 4.92. The molecule has 0 saturated carbocycles. The first-order chi connectivity index (χ1) is 16.9. The fourth-order valence-electron chi connectivity index (χ4n) is 3.96. The van der Waals surface area contributed by atoms with E-state index in [1.54, 1.807) is 0 Å². The lowest BCUT2D eigenvalue weighted by molar-refractivity contribution is -0.656. The van der Waals surface area contributed by atoms with Gasteiger partial charge in [0, 0.05) is 23.3 Å². The second-order valence-corrected chi connectivity index (χ2v) is 7.96. The molecule has 2 nitrogen and oxygen atoms in total. The first-order valence-electron chi connectivity index (χ1n) is 11.4. The van der Waals surface area contributed by atoms with E-state index in [0.717, 1.165) is 33.6 Å². The summed E-state index contributed by atoms with van der Waals surface area (Å²) >= 11 is 0. The average molecular weight is 438 g/mol. The van der Waals surface area contributed by atoms with Crippen molar-refractivity contribution in [1.82, 2.24) is 0 Å². The molecule has 0 unspecified atom stereocenters. The van der Waals surface area contributed by atoms with Gasteiger partial charge in [0.1, 0.15) is 0 Å². The van der Waals surface area contributed by atoms with Crippen molar-refractivity contribution in [3.05, 3.63) is 145 Å². The largest absolute Gasteiger partial charge is 0.246 e. The lowest BCUT2D eigenvalue weighted by atomic mass is 10.00. The van der Waals surface area contributed by atoms with Crippen LogP contribution in [0.1, 0.15) is 5.56 Å². The van der Waals surface area contributed by atoms with Gasteiger partial charge in [-0.3, -0.25) is 0 Å².